The van der Waals surface area contributed by atoms with Crippen LogP contribution < -0.4 is 0 Å². The van der Waals surface area contributed by atoms with Crippen LogP contribution in [0.4, 0.5) is 0 Å². The van der Waals surface area contributed by atoms with Crippen LogP contribution in [0.15, 0.2) is 10.2 Å². The predicted octanol–water partition coefficient (Wildman–Crippen LogP) is 3.68. The molecule has 0 aromatic carbocycles. The second kappa shape index (κ2) is 9.54. The number of azo groups is 1. The Kier molecular flexibility index (Phi) is 8.90. The summed E-state index contributed by atoms with van der Waals surface area (Å²) in [4.78, 5) is 23.9. The van der Waals surface area contributed by atoms with Crippen LogP contribution in [0.25, 0.3) is 0 Å². The molecule has 0 saturated heterocycles. The van der Waals surface area contributed by atoms with Crippen molar-refractivity contribution < 1.29 is 19.1 Å². The average molecular weight is 314 g/mol. The van der Waals surface area contributed by atoms with Crippen LogP contribution in [0.2, 0.25) is 0 Å². The van der Waals surface area contributed by atoms with Crippen molar-refractivity contribution >= 4 is 11.9 Å². The molecule has 0 saturated carbocycles. The van der Waals surface area contributed by atoms with Crippen molar-refractivity contribution in [3.05, 3.63) is 0 Å². The minimum absolute atomic E-state index is 0.372. The van der Waals surface area contributed by atoms with Crippen LogP contribution in [0.1, 0.15) is 67.2 Å². The van der Waals surface area contributed by atoms with E-state index < -0.39 is 23.0 Å². The third-order valence-electron chi connectivity index (χ3n) is 3.01. The number of hydrogen-bond donors (Lipinski definition) is 0. The number of ether oxygens (including phenoxy) is 2. The van der Waals surface area contributed by atoms with Gasteiger partial charge in [-0.15, -0.1) is 0 Å². The van der Waals surface area contributed by atoms with E-state index in [0.717, 1.165) is 25.7 Å². The summed E-state index contributed by atoms with van der Waals surface area (Å²) in [5.74, 6) is -0.889. The summed E-state index contributed by atoms with van der Waals surface area (Å²) in [5, 5.41) is 8.01. The molecule has 128 valence electrons. The van der Waals surface area contributed by atoms with Gasteiger partial charge >= 0.3 is 11.9 Å². The van der Waals surface area contributed by atoms with Gasteiger partial charge in [0.1, 0.15) is 0 Å². The lowest BCUT2D eigenvalue weighted by Crippen LogP contribution is -2.35. The summed E-state index contributed by atoms with van der Waals surface area (Å²) in [5.41, 5.74) is -2.23. The van der Waals surface area contributed by atoms with Crippen molar-refractivity contribution in [3.63, 3.8) is 0 Å². The van der Waals surface area contributed by atoms with Crippen LogP contribution >= 0.6 is 0 Å². The molecule has 0 atom stereocenters. The molecule has 0 N–H and O–H groups in total. The monoisotopic (exact) mass is 314 g/mol. The smallest absolute Gasteiger partial charge is 0.335 e. The van der Waals surface area contributed by atoms with Gasteiger partial charge in [-0.05, 0) is 40.5 Å². The van der Waals surface area contributed by atoms with Gasteiger partial charge in [0.15, 0.2) is 11.1 Å². The van der Waals surface area contributed by atoms with Crippen LogP contribution in [-0.4, -0.2) is 36.2 Å². The van der Waals surface area contributed by atoms with Crippen LogP contribution in [-0.2, 0) is 19.1 Å². The van der Waals surface area contributed by atoms with E-state index in [2.05, 4.69) is 10.2 Å². The Morgan fingerprint density at radius 2 is 1.09 bits per heavy atom. The molecular formula is C16H30N2O4. The molecule has 6 heteroatoms. The van der Waals surface area contributed by atoms with E-state index in [1.165, 1.54) is 0 Å². The van der Waals surface area contributed by atoms with Gasteiger partial charge in [-0.2, -0.15) is 10.2 Å². The van der Waals surface area contributed by atoms with Gasteiger partial charge in [0.25, 0.3) is 0 Å². The summed E-state index contributed by atoms with van der Waals surface area (Å²) >= 11 is 0. The molecule has 0 rings (SSSR count). The molecule has 22 heavy (non-hydrogen) atoms. The maximum atomic E-state index is 11.9. The standard InChI is InChI=1S/C16H30N2O4/c1-7-9-11-21-13(19)15(3,4)17-18-16(5,6)14(20)22-12-10-8-2/h7-12H2,1-6H3. The maximum Gasteiger partial charge on any atom is 0.335 e. The van der Waals surface area contributed by atoms with E-state index >= 15 is 0 Å². The maximum absolute atomic E-state index is 11.9. The van der Waals surface area contributed by atoms with Gasteiger partial charge in [-0.3, -0.25) is 0 Å². The fraction of sp³-hybridized carbons (Fsp3) is 0.875. The van der Waals surface area contributed by atoms with Crippen molar-refractivity contribution in [2.75, 3.05) is 13.2 Å². The fourth-order valence-electron chi connectivity index (χ4n) is 1.30. The van der Waals surface area contributed by atoms with E-state index in [-0.39, 0.29) is 0 Å². The second-order valence-corrected chi connectivity index (χ2v) is 6.30. The van der Waals surface area contributed by atoms with Crippen LogP contribution in [0.5, 0.6) is 0 Å². The summed E-state index contributed by atoms with van der Waals surface area (Å²) in [6.07, 6.45) is 3.53. The highest BCUT2D eigenvalue weighted by Gasteiger charge is 2.34. The number of carbonyl (C=O) groups is 2. The highest BCUT2D eigenvalue weighted by Crippen LogP contribution is 2.19. The summed E-state index contributed by atoms with van der Waals surface area (Å²) in [6.45, 7) is 11.2. The third kappa shape index (κ3) is 7.52. The molecule has 0 radical (unpaired) electrons. The minimum atomic E-state index is -1.12. The fourth-order valence-corrected chi connectivity index (χ4v) is 1.30. The van der Waals surface area contributed by atoms with E-state index in [1.807, 2.05) is 13.8 Å². The lowest BCUT2D eigenvalue weighted by molar-refractivity contribution is -0.151. The molecule has 0 bridgehead atoms. The zero-order valence-corrected chi connectivity index (χ0v) is 14.8. The Labute approximate surface area is 133 Å². The quantitative estimate of drug-likeness (QED) is 0.350. The summed E-state index contributed by atoms with van der Waals surface area (Å²) in [6, 6.07) is 0. The molecule has 0 heterocycles. The van der Waals surface area contributed by atoms with Gasteiger partial charge < -0.3 is 9.47 Å². The van der Waals surface area contributed by atoms with Gasteiger partial charge in [-0.1, -0.05) is 26.7 Å². The SMILES string of the molecule is CCCCOC(=O)C(C)(C)N=NC(C)(C)C(=O)OCCCC. The van der Waals surface area contributed by atoms with E-state index in [0.29, 0.717) is 13.2 Å². The number of nitrogens with zero attached hydrogens (tertiary/aromatic N) is 2. The first kappa shape index (κ1) is 20.5. The first-order chi connectivity index (χ1) is 10.2. The molecular weight excluding hydrogens is 284 g/mol. The largest absolute Gasteiger partial charge is 0.464 e. The first-order valence-electron chi connectivity index (χ1n) is 7.96. The number of rotatable bonds is 10. The van der Waals surface area contributed by atoms with Crippen molar-refractivity contribution in [2.24, 2.45) is 10.2 Å². The van der Waals surface area contributed by atoms with Crippen LogP contribution in [0.3, 0.4) is 0 Å². The van der Waals surface area contributed by atoms with Gasteiger partial charge in [0.2, 0.25) is 0 Å². The highest BCUT2D eigenvalue weighted by molar-refractivity contribution is 5.81. The van der Waals surface area contributed by atoms with Gasteiger partial charge in [0.05, 0.1) is 13.2 Å². The molecule has 0 aromatic heterocycles. The highest BCUT2D eigenvalue weighted by atomic mass is 16.5. The van der Waals surface area contributed by atoms with Gasteiger partial charge in [-0.25, -0.2) is 9.59 Å². The molecule has 6 nitrogen and oxygen atoms in total. The zero-order chi connectivity index (χ0) is 17.2. The Morgan fingerprint density at radius 3 is 1.36 bits per heavy atom. The third-order valence-corrected chi connectivity index (χ3v) is 3.01. The molecule has 0 aliphatic heterocycles. The predicted molar refractivity (Wildman–Crippen MR) is 84.7 cm³/mol. The van der Waals surface area contributed by atoms with Crippen molar-refractivity contribution in [1.82, 2.24) is 0 Å². The Hall–Kier alpha value is -1.46. The van der Waals surface area contributed by atoms with Crippen LogP contribution in [0, 0.1) is 0 Å². The topological polar surface area (TPSA) is 77.3 Å². The summed E-state index contributed by atoms with van der Waals surface area (Å²) < 4.78 is 10.3. The number of esters is 2. The zero-order valence-electron chi connectivity index (χ0n) is 14.8. The normalized spacial score (nSPS) is 12.5. The minimum Gasteiger partial charge on any atom is -0.464 e. The molecule has 0 spiro atoms. The number of hydrogen-bond acceptors (Lipinski definition) is 6. The van der Waals surface area contributed by atoms with Crippen molar-refractivity contribution in [2.45, 2.75) is 78.3 Å². The molecule has 0 aromatic rings. The first-order valence-corrected chi connectivity index (χ1v) is 7.96. The average Bonchev–Trinajstić information content (AvgIpc) is 2.45. The lowest BCUT2D eigenvalue weighted by atomic mass is 10.1. The lowest BCUT2D eigenvalue weighted by Gasteiger charge is -2.21. The molecule has 0 fully saturated rings. The Balaban J connectivity index is 4.62. The second-order valence-electron chi connectivity index (χ2n) is 6.30. The Bertz CT molecular complexity index is 354. The van der Waals surface area contributed by atoms with Crippen molar-refractivity contribution in [1.29, 1.82) is 0 Å². The Morgan fingerprint density at radius 1 is 0.773 bits per heavy atom. The van der Waals surface area contributed by atoms with E-state index in [1.54, 1.807) is 27.7 Å². The number of carbonyl (C=O) groups excluding carboxylic acids is 2. The molecule has 0 unspecified atom stereocenters. The van der Waals surface area contributed by atoms with Gasteiger partial charge in [0, 0.05) is 0 Å². The van der Waals surface area contributed by atoms with Crippen molar-refractivity contribution in [3.8, 4) is 0 Å². The molecule has 0 amide bonds. The molecule has 0 aliphatic rings. The number of unbranched alkanes of at least 4 members (excludes halogenated alkanes) is 2. The molecule has 0 aliphatic carbocycles. The van der Waals surface area contributed by atoms with E-state index in [9.17, 15) is 9.59 Å². The van der Waals surface area contributed by atoms with E-state index in [4.69, 9.17) is 9.47 Å². The summed E-state index contributed by atoms with van der Waals surface area (Å²) in [7, 11) is 0.